The highest BCUT2D eigenvalue weighted by Gasteiger charge is 2.30. The highest BCUT2D eigenvalue weighted by Crippen LogP contribution is 2.22. The summed E-state index contributed by atoms with van der Waals surface area (Å²) in [7, 11) is 1.70. The summed E-state index contributed by atoms with van der Waals surface area (Å²) in [4.78, 5) is 33.1. The maximum atomic E-state index is 12.5. The van der Waals surface area contributed by atoms with E-state index in [9.17, 15) is 9.59 Å². The SMILES string of the molecule is Cn1cnc2cc(N3CCN(C(=O)C4CCOC4)CC3)ccc2c1=O. The summed E-state index contributed by atoms with van der Waals surface area (Å²) in [5.74, 6) is 0.258. The van der Waals surface area contributed by atoms with Gasteiger partial charge in [-0.1, -0.05) is 0 Å². The molecule has 4 rings (SSSR count). The number of rotatable bonds is 2. The van der Waals surface area contributed by atoms with E-state index in [1.807, 2.05) is 23.1 Å². The van der Waals surface area contributed by atoms with Crippen molar-refractivity contribution in [3.05, 3.63) is 34.9 Å². The van der Waals surface area contributed by atoms with Crippen LogP contribution in [-0.4, -0.2) is 59.8 Å². The zero-order chi connectivity index (χ0) is 17.4. The molecule has 1 aromatic carbocycles. The minimum absolute atomic E-state index is 0.0348. The number of nitrogens with zero attached hydrogens (tertiary/aromatic N) is 4. The van der Waals surface area contributed by atoms with Crippen LogP contribution in [0.4, 0.5) is 5.69 Å². The zero-order valence-electron chi connectivity index (χ0n) is 14.4. The first kappa shape index (κ1) is 16.1. The Morgan fingerprint density at radius 2 is 2.04 bits per heavy atom. The van der Waals surface area contributed by atoms with E-state index < -0.39 is 0 Å². The van der Waals surface area contributed by atoms with Crippen molar-refractivity contribution in [1.29, 1.82) is 0 Å². The lowest BCUT2D eigenvalue weighted by molar-refractivity contribution is -0.135. The monoisotopic (exact) mass is 342 g/mol. The van der Waals surface area contributed by atoms with Crippen molar-refractivity contribution in [2.45, 2.75) is 6.42 Å². The first-order valence-electron chi connectivity index (χ1n) is 8.70. The second kappa shape index (κ2) is 6.48. The number of ether oxygens (including phenoxy) is 1. The van der Waals surface area contributed by atoms with Crippen molar-refractivity contribution in [3.63, 3.8) is 0 Å². The highest BCUT2D eigenvalue weighted by atomic mass is 16.5. The summed E-state index contributed by atoms with van der Waals surface area (Å²) >= 11 is 0. The van der Waals surface area contributed by atoms with E-state index >= 15 is 0 Å². The first-order valence-corrected chi connectivity index (χ1v) is 8.70. The molecule has 2 fully saturated rings. The Morgan fingerprint density at radius 3 is 2.76 bits per heavy atom. The predicted octanol–water partition coefficient (Wildman–Crippen LogP) is 0.619. The van der Waals surface area contributed by atoms with Crippen LogP contribution in [0.25, 0.3) is 10.9 Å². The summed E-state index contributed by atoms with van der Waals surface area (Å²) in [6, 6.07) is 5.76. The minimum Gasteiger partial charge on any atom is -0.381 e. The molecule has 132 valence electrons. The van der Waals surface area contributed by atoms with E-state index in [-0.39, 0.29) is 17.4 Å². The van der Waals surface area contributed by atoms with Gasteiger partial charge in [0, 0.05) is 45.5 Å². The van der Waals surface area contributed by atoms with Crippen LogP contribution in [0, 0.1) is 5.92 Å². The zero-order valence-corrected chi connectivity index (χ0v) is 14.4. The maximum Gasteiger partial charge on any atom is 0.260 e. The molecule has 2 aliphatic heterocycles. The number of amides is 1. The summed E-state index contributed by atoms with van der Waals surface area (Å²) in [5, 5.41) is 0.629. The Kier molecular flexibility index (Phi) is 4.17. The smallest absolute Gasteiger partial charge is 0.260 e. The number of carbonyl (C=O) groups is 1. The Hall–Kier alpha value is -2.41. The van der Waals surface area contributed by atoms with Crippen LogP contribution >= 0.6 is 0 Å². The van der Waals surface area contributed by atoms with Gasteiger partial charge in [-0.2, -0.15) is 0 Å². The first-order chi connectivity index (χ1) is 12.1. The van der Waals surface area contributed by atoms with Crippen LogP contribution in [0.1, 0.15) is 6.42 Å². The summed E-state index contributed by atoms with van der Waals surface area (Å²) in [6.07, 6.45) is 2.39. The topological polar surface area (TPSA) is 67.7 Å². The van der Waals surface area contributed by atoms with Crippen LogP contribution in [-0.2, 0) is 16.6 Å². The van der Waals surface area contributed by atoms with Gasteiger partial charge in [-0.05, 0) is 24.6 Å². The lowest BCUT2D eigenvalue weighted by atomic mass is 10.1. The largest absolute Gasteiger partial charge is 0.381 e. The molecular formula is C18H22N4O3. The van der Waals surface area contributed by atoms with E-state index in [1.165, 1.54) is 4.57 Å². The van der Waals surface area contributed by atoms with Crippen molar-refractivity contribution < 1.29 is 9.53 Å². The molecule has 25 heavy (non-hydrogen) atoms. The number of aromatic nitrogens is 2. The maximum absolute atomic E-state index is 12.5. The molecule has 1 atom stereocenters. The van der Waals surface area contributed by atoms with E-state index in [1.54, 1.807) is 13.4 Å². The van der Waals surface area contributed by atoms with Gasteiger partial charge in [0.1, 0.15) is 0 Å². The van der Waals surface area contributed by atoms with Crippen LogP contribution < -0.4 is 10.5 Å². The van der Waals surface area contributed by atoms with E-state index in [4.69, 9.17) is 4.74 Å². The predicted molar refractivity (Wildman–Crippen MR) is 94.7 cm³/mol. The average Bonchev–Trinajstić information content (AvgIpc) is 3.19. The van der Waals surface area contributed by atoms with Crippen molar-refractivity contribution in [3.8, 4) is 0 Å². The fourth-order valence-electron chi connectivity index (χ4n) is 3.57. The lowest BCUT2D eigenvalue weighted by Crippen LogP contribution is -2.50. The minimum atomic E-state index is -0.0363. The fourth-order valence-corrected chi connectivity index (χ4v) is 3.57. The number of hydrogen-bond acceptors (Lipinski definition) is 5. The number of anilines is 1. The van der Waals surface area contributed by atoms with Gasteiger partial charge in [0.25, 0.3) is 5.56 Å². The number of carbonyl (C=O) groups excluding carboxylic acids is 1. The van der Waals surface area contributed by atoms with Crippen LogP contribution in [0.5, 0.6) is 0 Å². The third kappa shape index (κ3) is 3.00. The highest BCUT2D eigenvalue weighted by molar-refractivity contribution is 5.82. The summed E-state index contributed by atoms with van der Waals surface area (Å²) in [6.45, 7) is 4.27. The van der Waals surface area contributed by atoms with Crippen molar-refractivity contribution >= 4 is 22.5 Å². The second-order valence-corrected chi connectivity index (χ2v) is 6.73. The van der Waals surface area contributed by atoms with Gasteiger partial charge in [0.05, 0.1) is 29.8 Å². The normalized spacial score (nSPS) is 21.1. The molecule has 3 heterocycles. The molecule has 1 aromatic heterocycles. The van der Waals surface area contributed by atoms with Crippen molar-refractivity contribution in [2.75, 3.05) is 44.3 Å². The Bertz CT molecular complexity index is 849. The Balaban J connectivity index is 1.47. The lowest BCUT2D eigenvalue weighted by Gasteiger charge is -2.37. The van der Waals surface area contributed by atoms with Gasteiger partial charge in [0.2, 0.25) is 5.91 Å². The molecule has 0 bridgehead atoms. The van der Waals surface area contributed by atoms with Crippen molar-refractivity contribution in [1.82, 2.24) is 14.5 Å². The molecule has 0 spiro atoms. The second-order valence-electron chi connectivity index (χ2n) is 6.73. The van der Waals surface area contributed by atoms with E-state index in [0.29, 0.717) is 24.1 Å². The fraction of sp³-hybridized carbons (Fsp3) is 0.500. The number of fused-ring (bicyclic) bond motifs is 1. The van der Waals surface area contributed by atoms with Gasteiger partial charge in [-0.3, -0.25) is 9.59 Å². The number of hydrogen-bond donors (Lipinski definition) is 0. The molecule has 0 radical (unpaired) electrons. The molecule has 0 aliphatic carbocycles. The Labute approximate surface area is 145 Å². The van der Waals surface area contributed by atoms with Crippen LogP contribution in [0.3, 0.4) is 0 Å². The molecule has 0 N–H and O–H groups in total. The third-order valence-corrected chi connectivity index (χ3v) is 5.14. The van der Waals surface area contributed by atoms with Gasteiger partial charge in [0.15, 0.2) is 0 Å². The Morgan fingerprint density at radius 1 is 1.24 bits per heavy atom. The molecule has 7 nitrogen and oxygen atoms in total. The molecule has 2 saturated heterocycles. The summed E-state index contributed by atoms with van der Waals surface area (Å²) < 4.78 is 6.81. The molecule has 0 saturated carbocycles. The number of piperazine rings is 1. The summed E-state index contributed by atoms with van der Waals surface area (Å²) in [5.41, 5.74) is 1.72. The number of aryl methyl sites for hydroxylation is 1. The van der Waals surface area contributed by atoms with E-state index in [0.717, 1.165) is 38.3 Å². The van der Waals surface area contributed by atoms with Gasteiger partial charge < -0.3 is 19.1 Å². The van der Waals surface area contributed by atoms with Gasteiger partial charge >= 0.3 is 0 Å². The van der Waals surface area contributed by atoms with Gasteiger partial charge in [-0.15, -0.1) is 0 Å². The number of benzene rings is 1. The molecule has 1 amide bonds. The van der Waals surface area contributed by atoms with E-state index in [2.05, 4.69) is 9.88 Å². The standard InChI is InChI=1S/C18H22N4O3/c1-20-12-19-16-10-14(2-3-15(16)18(20)24)21-5-7-22(8-6-21)17(23)13-4-9-25-11-13/h2-3,10,12-13H,4-9,11H2,1H3. The van der Waals surface area contributed by atoms with Gasteiger partial charge in [-0.25, -0.2) is 4.98 Å². The molecular weight excluding hydrogens is 320 g/mol. The third-order valence-electron chi connectivity index (χ3n) is 5.14. The molecule has 1 unspecified atom stereocenters. The average molecular weight is 342 g/mol. The van der Waals surface area contributed by atoms with Crippen LogP contribution in [0.2, 0.25) is 0 Å². The van der Waals surface area contributed by atoms with Crippen molar-refractivity contribution in [2.24, 2.45) is 13.0 Å². The molecule has 7 heteroatoms. The van der Waals surface area contributed by atoms with Crippen LogP contribution in [0.15, 0.2) is 29.3 Å². The quantitative estimate of drug-likeness (QED) is 0.800. The molecule has 2 aliphatic rings. The molecule has 2 aromatic rings.